The molecule has 0 bridgehead atoms. The van der Waals surface area contributed by atoms with Crippen molar-refractivity contribution in [2.75, 3.05) is 13.1 Å². The molecule has 2 aliphatic heterocycles. The average molecular weight is 292 g/mol. The molecule has 1 fully saturated rings. The van der Waals surface area contributed by atoms with Gasteiger partial charge in [-0.1, -0.05) is 5.21 Å². The molecule has 0 radical (unpaired) electrons. The van der Waals surface area contributed by atoms with Crippen molar-refractivity contribution in [1.82, 2.24) is 20.3 Å². The Bertz CT molecular complexity index is 339. The Morgan fingerprint density at radius 3 is 3.38 bits per heavy atom. The standard InChI is InChI=1S/C7H9IN4O/c8-7-5-3-13-6-2-9-1-4(6)12(5)11-10-7/h4,6,9H,1-3H2/t4-,6-/m1/s1. The van der Waals surface area contributed by atoms with Gasteiger partial charge in [-0.25, -0.2) is 4.68 Å². The zero-order valence-corrected chi connectivity index (χ0v) is 9.06. The lowest BCUT2D eigenvalue weighted by Crippen LogP contribution is -2.32. The Kier molecular flexibility index (Phi) is 1.81. The largest absolute Gasteiger partial charge is 0.368 e. The molecule has 1 aromatic heterocycles. The molecule has 0 aromatic carbocycles. The van der Waals surface area contributed by atoms with Gasteiger partial charge in [0.15, 0.2) is 0 Å². The van der Waals surface area contributed by atoms with E-state index in [1.54, 1.807) is 0 Å². The summed E-state index contributed by atoms with van der Waals surface area (Å²) in [7, 11) is 0. The van der Waals surface area contributed by atoms with Crippen LogP contribution in [0.2, 0.25) is 0 Å². The highest BCUT2D eigenvalue weighted by molar-refractivity contribution is 14.1. The lowest BCUT2D eigenvalue weighted by molar-refractivity contribution is -0.00329. The summed E-state index contributed by atoms with van der Waals surface area (Å²) in [5.41, 5.74) is 1.12. The summed E-state index contributed by atoms with van der Waals surface area (Å²) in [5, 5.41) is 11.5. The van der Waals surface area contributed by atoms with E-state index in [1.165, 1.54) is 0 Å². The number of hydrogen-bond acceptors (Lipinski definition) is 4. The minimum absolute atomic E-state index is 0.282. The maximum atomic E-state index is 5.70. The molecule has 2 atom stereocenters. The van der Waals surface area contributed by atoms with Crippen molar-refractivity contribution in [3.8, 4) is 0 Å². The lowest BCUT2D eigenvalue weighted by Gasteiger charge is -2.25. The van der Waals surface area contributed by atoms with Gasteiger partial charge in [0.1, 0.15) is 3.70 Å². The van der Waals surface area contributed by atoms with Crippen LogP contribution in [-0.4, -0.2) is 34.2 Å². The number of hydrogen-bond donors (Lipinski definition) is 1. The van der Waals surface area contributed by atoms with Crippen LogP contribution in [0.4, 0.5) is 0 Å². The van der Waals surface area contributed by atoms with E-state index in [0.29, 0.717) is 12.6 Å². The molecule has 2 aliphatic rings. The molecule has 5 nitrogen and oxygen atoms in total. The zero-order valence-electron chi connectivity index (χ0n) is 6.90. The highest BCUT2D eigenvalue weighted by atomic mass is 127. The van der Waals surface area contributed by atoms with Crippen LogP contribution < -0.4 is 5.32 Å². The SMILES string of the molecule is Ic1nnn2c1CO[C@@H]1CNC[C@H]12. The summed E-state index contributed by atoms with van der Waals surface area (Å²) in [6.45, 7) is 2.52. The molecule has 3 rings (SSSR count). The monoisotopic (exact) mass is 292 g/mol. The van der Waals surface area contributed by atoms with Gasteiger partial charge in [-0.2, -0.15) is 0 Å². The molecule has 0 unspecified atom stereocenters. The van der Waals surface area contributed by atoms with Gasteiger partial charge in [0.05, 0.1) is 24.4 Å². The number of ether oxygens (including phenoxy) is 1. The molecule has 1 saturated heterocycles. The van der Waals surface area contributed by atoms with E-state index in [-0.39, 0.29) is 6.10 Å². The van der Waals surface area contributed by atoms with Crippen LogP contribution in [0.25, 0.3) is 0 Å². The van der Waals surface area contributed by atoms with Crippen molar-refractivity contribution in [3.63, 3.8) is 0 Å². The fourth-order valence-electron chi connectivity index (χ4n) is 1.93. The first kappa shape index (κ1) is 8.13. The molecule has 3 heterocycles. The van der Waals surface area contributed by atoms with Gasteiger partial charge < -0.3 is 10.1 Å². The minimum atomic E-state index is 0.282. The number of nitrogens with one attached hydrogen (secondary N) is 1. The molecule has 1 N–H and O–H groups in total. The van der Waals surface area contributed by atoms with E-state index in [2.05, 4.69) is 38.2 Å². The highest BCUT2D eigenvalue weighted by Crippen LogP contribution is 2.27. The molecule has 70 valence electrons. The Labute approximate surface area is 89.0 Å². The smallest absolute Gasteiger partial charge is 0.149 e. The van der Waals surface area contributed by atoms with Gasteiger partial charge in [-0.15, -0.1) is 5.10 Å². The van der Waals surface area contributed by atoms with Crippen molar-refractivity contribution in [1.29, 1.82) is 0 Å². The molecule has 0 saturated carbocycles. The second kappa shape index (κ2) is 2.89. The molecule has 6 heteroatoms. The van der Waals surface area contributed by atoms with Crippen molar-refractivity contribution in [2.45, 2.75) is 18.8 Å². The van der Waals surface area contributed by atoms with Crippen molar-refractivity contribution < 1.29 is 4.74 Å². The van der Waals surface area contributed by atoms with Crippen LogP contribution in [0.1, 0.15) is 11.7 Å². The van der Waals surface area contributed by atoms with Crippen LogP contribution in [0.15, 0.2) is 0 Å². The van der Waals surface area contributed by atoms with E-state index in [9.17, 15) is 0 Å². The summed E-state index contributed by atoms with van der Waals surface area (Å²) in [5.74, 6) is 0. The molecule has 0 amide bonds. The van der Waals surface area contributed by atoms with E-state index in [4.69, 9.17) is 4.74 Å². The van der Waals surface area contributed by atoms with Crippen LogP contribution in [0.5, 0.6) is 0 Å². The Morgan fingerprint density at radius 2 is 2.46 bits per heavy atom. The topological polar surface area (TPSA) is 52.0 Å². The summed E-state index contributed by atoms with van der Waals surface area (Å²) in [6, 6.07) is 0.347. The number of nitrogens with zero attached hydrogens (tertiary/aromatic N) is 3. The van der Waals surface area contributed by atoms with E-state index in [1.807, 2.05) is 4.68 Å². The van der Waals surface area contributed by atoms with E-state index < -0.39 is 0 Å². The molecule has 13 heavy (non-hydrogen) atoms. The Hall–Kier alpha value is -0.210. The van der Waals surface area contributed by atoms with Crippen LogP contribution in [0.3, 0.4) is 0 Å². The molecule has 0 aliphatic carbocycles. The number of halogens is 1. The summed E-state index contributed by atoms with van der Waals surface area (Å²) < 4.78 is 8.67. The first-order chi connectivity index (χ1) is 6.36. The van der Waals surface area contributed by atoms with Gasteiger partial charge in [-0.3, -0.25) is 0 Å². The third kappa shape index (κ3) is 1.12. The van der Waals surface area contributed by atoms with Crippen LogP contribution in [-0.2, 0) is 11.3 Å². The predicted molar refractivity (Wildman–Crippen MR) is 53.2 cm³/mol. The Balaban J connectivity index is 2.06. The van der Waals surface area contributed by atoms with Crippen molar-refractivity contribution in [2.24, 2.45) is 0 Å². The van der Waals surface area contributed by atoms with Crippen LogP contribution in [0, 0.1) is 3.70 Å². The molecule has 1 aromatic rings. The average Bonchev–Trinajstić information content (AvgIpc) is 2.70. The van der Waals surface area contributed by atoms with Gasteiger partial charge >= 0.3 is 0 Å². The zero-order chi connectivity index (χ0) is 8.84. The van der Waals surface area contributed by atoms with E-state index in [0.717, 1.165) is 22.5 Å². The maximum absolute atomic E-state index is 5.70. The van der Waals surface area contributed by atoms with Gasteiger partial charge in [0, 0.05) is 13.1 Å². The lowest BCUT2D eigenvalue weighted by atomic mass is 10.2. The summed E-state index contributed by atoms with van der Waals surface area (Å²) in [6.07, 6.45) is 0.282. The molecular formula is C7H9IN4O. The third-order valence-corrected chi connectivity index (χ3v) is 3.46. The maximum Gasteiger partial charge on any atom is 0.149 e. The summed E-state index contributed by atoms with van der Waals surface area (Å²) >= 11 is 2.20. The number of fused-ring (bicyclic) bond motifs is 3. The fourth-order valence-corrected chi connectivity index (χ4v) is 2.43. The second-order valence-electron chi connectivity index (χ2n) is 3.35. The molecule has 0 spiro atoms. The first-order valence-electron chi connectivity index (χ1n) is 4.28. The quantitative estimate of drug-likeness (QED) is 0.680. The predicted octanol–water partition coefficient (Wildman–Crippen LogP) is -0.0742. The Morgan fingerprint density at radius 1 is 1.54 bits per heavy atom. The minimum Gasteiger partial charge on any atom is -0.368 e. The fraction of sp³-hybridized carbons (Fsp3) is 0.714. The van der Waals surface area contributed by atoms with Crippen molar-refractivity contribution >= 4 is 22.6 Å². The van der Waals surface area contributed by atoms with E-state index >= 15 is 0 Å². The second-order valence-corrected chi connectivity index (χ2v) is 4.37. The summed E-state index contributed by atoms with van der Waals surface area (Å²) in [4.78, 5) is 0. The highest BCUT2D eigenvalue weighted by Gasteiger charge is 2.36. The van der Waals surface area contributed by atoms with Crippen molar-refractivity contribution in [3.05, 3.63) is 9.39 Å². The first-order valence-corrected chi connectivity index (χ1v) is 5.36. The normalized spacial score (nSPS) is 31.5. The molecular weight excluding hydrogens is 283 g/mol. The van der Waals surface area contributed by atoms with Crippen LogP contribution >= 0.6 is 22.6 Å². The van der Waals surface area contributed by atoms with Gasteiger partial charge in [0.25, 0.3) is 0 Å². The number of aromatic nitrogens is 3. The third-order valence-electron chi connectivity index (χ3n) is 2.62. The van der Waals surface area contributed by atoms with Gasteiger partial charge in [0.2, 0.25) is 0 Å². The van der Waals surface area contributed by atoms with Gasteiger partial charge in [-0.05, 0) is 22.6 Å². The number of rotatable bonds is 0.